The molecule has 1 aromatic carbocycles. The fourth-order valence-electron chi connectivity index (χ4n) is 2.07. The summed E-state index contributed by atoms with van der Waals surface area (Å²) in [6, 6.07) is 12.7. The summed E-state index contributed by atoms with van der Waals surface area (Å²) in [5.74, 6) is 0.874. The molecule has 0 unspecified atom stereocenters. The first-order valence-electron chi connectivity index (χ1n) is 6.61. The van der Waals surface area contributed by atoms with E-state index in [1.54, 1.807) is 0 Å². The van der Waals surface area contributed by atoms with Crippen LogP contribution in [0.2, 0.25) is 0 Å². The molecule has 2 aromatic rings. The zero-order valence-corrected chi connectivity index (χ0v) is 11.8. The van der Waals surface area contributed by atoms with Crippen molar-refractivity contribution in [2.75, 3.05) is 10.6 Å². The molecule has 0 aliphatic heterocycles. The second-order valence-electron chi connectivity index (χ2n) is 5.07. The van der Waals surface area contributed by atoms with Gasteiger partial charge in [0.2, 0.25) is 0 Å². The summed E-state index contributed by atoms with van der Waals surface area (Å²) in [5.41, 5.74) is 9.28. The van der Waals surface area contributed by atoms with Gasteiger partial charge in [0.15, 0.2) is 5.82 Å². The van der Waals surface area contributed by atoms with Gasteiger partial charge >= 0.3 is 0 Å². The van der Waals surface area contributed by atoms with E-state index >= 15 is 0 Å². The minimum Gasteiger partial charge on any atom is -0.396 e. The summed E-state index contributed by atoms with van der Waals surface area (Å²) >= 11 is 0. The minimum absolute atomic E-state index is 0.344. The lowest BCUT2D eigenvalue weighted by Gasteiger charge is -2.29. The molecular weight excluding hydrogens is 234 g/mol. The van der Waals surface area contributed by atoms with Gasteiger partial charge < -0.3 is 10.6 Å². The van der Waals surface area contributed by atoms with Crippen LogP contribution >= 0.6 is 0 Å². The molecule has 0 fully saturated rings. The SMILES string of the molecule is Cc1ccnc(N(Cc2ccccc2)C(C)C)c1N. The van der Waals surface area contributed by atoms with Gasteiger partial charge in [-0.2, -0.15) is 0 Å². The highest BCUT2D eigenvalue weighted by Gasteiger charge is 2.16. The number of hydrogen-bond donors (Lipinski definition) is 1. The monoisotopic (exact) mass is 255 g/mol. The molecule has 0 atom stereocenters. The number of aryl methyl sites for hydroxylation is 1. The summed E-state index contributed by atoms with van der Waals surface area (Å²) in [6.07, 6.45) is 1.82. The number of benzene rings is 1. The third kappa shape index (κ3) is 3.05. The molecular formula is C16H21N3. The van der Waals surface area contributed by atoms with Gasteiger partial charge in [-0.3, -0.25) is 0 Å². The number of nitrogens with zero attached hydrogens (tertiary/aromatic N) is 2. The third-order valence-electron chi connectivity index (χ3n) is 3.28. The highest BCUT2D eigenvalue weighted by atomic mass is 15.2. The zero-order chi connectivity index (χ0) is 13.8. The van der Waals surface area contributed by atoms with Crippen LogP contribution in [0.15, 0.2) is 42.6 Å². The summed E-state index contributed by atoms with van der Waals surface area (Å²) in [4.78, 5) is 6.69. The number of rotatable bonds is 4. The van der Waals surface area contributed by atoms with E-state index in [0.717, 1.165) is 23.6 Å². The zero-order valence-electron chi connectivity index (χ0n) is 11.8. The molecule has 3 heteroatoms. The summed E-state index contributed by atoms with van der Waals surface area (Å²) < 4.78 is 0. The number of aromatic nitrogens is 1. The van der Waals surface area contributed by atoms with Crippen LogP contribution in [0.4, 0.5) is 11.5 Å². The van der Waals surface area contributed by atoms with Crippen molar-refractivity contribution in [1.82, 2.24) is 4.98 Å². The predicted octanol–water partition coefficient (Wildman–Crippen LogP) is 3.39. The summed E-state index contributed by atoms with van der Waals surface area (Å²) in [6.45, 7) is 7.15. The van der Waals surface area contributed by atoms with Gasteiger partial charge in [0, 0.05) is 18.8 Å². The normalized spacial score (nSPS) is 10.7. The molecule has 1 aromatic heterocycles. The molecule has 2 N–H and O–H groups in total. The number of anilines is 2. The Labute approximate surface area is 115 Å². The number of nitrogen functional groups attached to an aromatic ring is 1. The quantitative estimate of drug-likeness (QED) is 0.910. The van der Waals surface area contributed by atoms with Crippen LogP contribution in [0.5, 0.6) is 0 Å². The van der Waals surface area contributed by atoms with Gasteiger partial charge in [-0.15, -0.1) is 0 Å². The Morgan fingerprint density at radius 1 is 1.16 bits per heavy atom. The predicted molar refractivity (Wildman–Crippen MR) is 81.1 cm³/mol. The number of pyridine rings is 1. The fraction of sp³-hybridized carbons (Fsp3) is 0.312. The van der Waals surface area contributed by atoms with Gasteiger partial charge in [-0.1, -0.05) is 30.3 Å². The first-order valence-corrected chi connectivity index (χ1v) is 6.61. The van der Waals surface area contributed by atoms with Crippen molar-refractivity contribution in [2.45, 2.75) is 33.4 Å². The van der Waals surface area contributed by atoms with Crippen LogP contribution in [0.25, 0.3) is 0 Å². The molecule has 0 spiro atoms. The Kier molecular flexibility index (Phi) is 4.05. The second-order valence-corrected chi connectivity index (χ2v) is 5.07. The van der Waals surface area contributed by atoms with Crippen molar-refractivity contribution in [3.05, 3.63) is 53.7 Å². The molecule has 0 saturated carbocycles. The lowest BCUT2D eigenvalue weighted by molar-refractivity contribution is 0.673. The molecule has 0 saturated heterocycles. The van der Waals surface area contributed by atoms with Gasteiger partial charge in [0.05, 0.1) is 5.69 Å². The average Bonchev–Trinajstić information content (AvgIpc) is 2.40. The van der Waals surface area contributed by atoms with Crippen LogP contribution in [-0.4, -0.2) is 11.0 Å². The lowest BCUT2D eigenvalue weighted by Crippen LogP contribution is -2.31. The van der Waals surface area contributed by atoms with Crippen LogP contribution in [-0.2, 0) is 6.54 Å². The maximum absolute atomic E-state index is 6.17. The first kappa shape index (κ1) is 13.4. The smallest absolute Gasteiger partial charge is 0.152 e. The van der Waals surface area contributed by atoms with Crippen molar-refractivity contribution in [3.63, 3.8) is 0 Å². The molecule has 19 heavy (non-hydrogen) atoms. The van der Waals surface area contributed by atoms with Crippen LogP contribution < -0.4 is 10.6 Å². The molecule has 0 bridgehead atoms. The Morgan fingerprint density at radius 2 is 1.84 bits per heavy atom. The van der Waals surface area contributed by atoms with E-state index in [4.69, 9.17) is 5.73 Å². The van der Waals surface area contributed by atoms with Crippen LogP contribution in [0.3, 0.4) is 0 Å². The van der Waals surface area contributed by atoms with Crippen molar-refractivity contribution in [2.24, 2.45) is 0 Å². The summed E-state index contributed by atoms with van der Waals surface area (Å²) in [7, 11) is 0. The van der Waals surface area contributed by atoms with Crippen LogP contribution in [0.1, 0.15) is 25.0 Å². The molecule has 0 radical (unpaired) electrons. The van der Waals surface area contributed by atoms with Gasteiger partial charge in [0.1, 0.15) is 0 Å². The topological polar surface area (TPSA) is 42.2 Å². The Balaban J connectivity index is 2.33. The first-order chi connectivity index (χ1) is 9.09. The highest BCUT2D eigenvalue weighted by Crippen LogP contribution is 2.26. The van der Waals surface area contributed by atoms with Gasteiger partial charge in [-0.05, 0) is 38.0 Å². The Hall–Kier alpha value is -2.03. The van der Waals surface area contributed by atoms with E-state index in [2.05, 4.69) is 48.0 Å². The second kappa shape index (κ2) is 5.74. The van der Waals surface area contributed by atoms with Gasteiger partial charge in [-0.25, -0.2) is 4.98 Å². The molecule has 3 nitrogen and oxygen atoms in total. The van der Waals surface area contributed by atoms with Crippen LogP contribution in [0, 0.1) is 6.92 Å². The highest BCUT2D eigenvalue weighted by molar-refractivity contribution is 5.66. The van der Waals surface area contributed by atoms with Crippen molar-refractivity contribution in [3.8, 4) is 0 Å². The van der Waals surface area contributed by atoms with E-state index in [-0.39, 0.29) is 0 Å². The van der Waals surface area contributed by atoms with E-state index in [0.29, 0.717) is 6.04 Å². The third-order valence-corrected chi connectivity index (χ3v) is 3.28. The van der Waals surface area contributed by atoms with Crippen molar-refractivity contribution >= 4 is 11.5 Å². The largest absolute Gasteiger partial charge is 0.396 e. The average molecular weight is 255 g/mol. The molecule has 1 heterocycles. The van der Waals surface area contributed by atoms with E-state index in [1.165, 1.54) is 5.56 Å². The lowest BCUT2D eigenvalue weighted by atomic mass is 10.1. The van der Waals surface area contributed by atoms with E-state index < -0.39 is 0 Å². The molecule has 0 aliphatic carbocycles. The van der Waals surface area contributed by atoms with E-state index in [1.807, 2.05) is 25.3 Å². The Bertz CT molecular complexity index is 535. The maximum Gasteiger partial charge on any atom is 0.152 e. The van der Waals surface area contributed by atoms with E-state index in [9.17, 15) is 0 Å². The standard InChI is InChI=1S/C16H21N3/c1-12(2)19(11-14-7-5-4-6-8-14)16-15(17)13(3)9-10-18-16/h4-10,12H,11,17H2,1-3H3. The minimum atomic E-state index is 0.344. The number of hydrogen-bond acceptors (Lipinski definition) is 3. The Morgan fingerprint density at radius 3 is 2.47 bits per heavy atom. The molecule has 2 rings (SSSR count). The molecule has 0 aliphatic rings. The van der Waals surface area contributed by atoms with Crippen molar-refractivity contribution in [1.29, 1.82) is 0 Å². The van der Waals surface area contributed by atoms with Crippen molar-refractivity contribution < 1.29 is 0 Å². The fourth-order valence-corrected chi connectivity index (χ4v) is 2.07. The number of nitrogens with two attached hydrogens (primary N) is 1. The maximum atomic E-state index is 6.17. The summed E-state index contributed by atoms with van der Waals surface area (Å²) in [5, 5.41) is 0. The molecule has 0 amide bonds. The van der Waals surface area contributed by atoms with Gasteiger partial charge in [0.25, 0.3) is 0 Å². The molecule has 100 valence electrons.